The smallest absolute Gasteiger partial charge is 0.262 e. The standard InChI is InChI=1S/C27H29FN4O3/c1-19-17-20(11-12-24(19)32-15-13-31(2)14-16-32)29-27(34)21-7-3-6-10-25(21)35-18-26(33)30-23-9-5-4-8-22(23)28/h3-12,17H,13-16,18H2,1-2H3,(H,29,34)(H,30,33). The number of likely N-dealkylation sites (N-methyl/N-ethyl adjacent to an activating group) is 1. The normalized spacial score (nSPS) is 13.9. The highest BCUT2D eigenvalue weighted by molar-refractivity contribution is 6.06. The molecule has 0 spiro atoms. The second kappa shape index (κ2) is 11.0. The fourth-order valence-electron chi connectivity index (χ4n) is 4.01. The van der Waals surface area contributed by atoms with Crippen LogP contribution < -0.4 is 20.3 Å². The number of hydrogen-bond acceptors (Lipinski definition) is 5. The summed E-state index contributed by atoms with van der Waals surface area (Å²) in [5.74, 6) is -1.14. The highest BCUT2D eigenvalue weighted by atomic mass is 19.1. The first kappa shape index (κ1) is 24.2. The van der Waals surface area contributed by atoms with E-state index in [1.807, 2.05) is 25.1 Å². The predicted molar refractivity (Wildman–Crippen MR) is 136 cm³/mol. The van der Waals surface area contributed by atoms with Crippen LogP contribution in [0.3, 0.4) is 0 Å². The third kappa shape index (κ3) is 6.16. The maximum Gasteiger partial charge on any atom is 0.262 e. The van der Waals surface area contributed by atoms with Crippen LogP contribution >= 0.6 is 0 Å². The Morgan fingerprint density at radius 2 is 1.66 bits per heavy atom. The molecule has 3 aromatic rings. The van der Waals surface area contributed by atoms with Crippen LogP contribution in [0.2, 0.25) is 0 Å². The van der Waals surface area contributed by atoms with Gasteiger partial charge in [0, 0.05) is 37.6 Å². The van der Waals surface area contributed by atoms with E-state index in [2.05, 4.69) is 27.5 Å². The first-order valence-corrected chi connectivity index (χ1v) is 11.5. The number of para-hydroxylation sites is 2. The van der Waals surface area contributed by atoms with Gasteiger partial charge in [0.15, 0.2) is 6.61 Å². The van der Waals surface area contributed by atoms with Gasteiger partial charge in [0.05, 0.1) is 11.3 Å². The molecular formula is C27H29FN4O3. The number of rotatable bonds is 7. The average molecular weight is 477 g/mol. The lowest BCUT2D eigenvalue weighted by Gasteiger charge is -2.35. The molecule has 0 saturated carbocycles. The van der Waals surface area contributed by atoms with Crippen molar-refractivity contribution in [2.45, 2.75) is 6.92 Å². The zero-order valence-electron chi connectivity index (χ0n) is 19.9. The Labute approximate surface area is 204 Å². The number of carbonyl (C=O) groups excluding carboxylic acids is 2. The summed E-state index contributed by atoms with van der Waals surface area (Å²) in [4.78, 5) is 29.9. The highest BCUT2D eigenvalue weighted by Gasteiger charge is 2.18. The van der Waals surface area contributed by atoms with Crippen molar-refractivity contribution in [2.24, 2.45) is 0 Å². The van der Waals surface area contributed by atoms with Gasteiger partial charge >= 0.3 is 0 Å². The van der Waals surface area contributed by atoms with Crippen molar-refractivity contribution in [3.8, 4) is 5.75 Å². The van der Waals surface area contributed by atoms with Crippen LogP contribution in [0.25, 0.3) is 0 Å². The maximum atomic E-state index is 13.8. The van der Waals surface area contributed by atoms with Crippen LogP contribution in [-0.2, 0) is 4.79 Å². The Morgan fingerprint density at radius 3 is 2.40 bits per heavy atom. The van der Waals surface area contributed by atoms with Crippen LogP contribution in [0.15, 0.2) is 66.7 Å². The minimum Gasteiger partial charge on any atom is -0.483 e. The minimum atomic E-state index is -0.533. The van der Waals surface area contributed by atoms with Gasteiger partial charge in [-0.05, 0) is 62.0 Å². The van der Waals surface area contributed by atoms with E-state index in [0.29, 0.717) is 11.3 Å². The van der Waals surface area contributed by atoms with Gasteiger partial charge < -0.3 is 25.2 Å². The van der Waals surface area contributed by atoms with Gasteiger partial charge in [-0.25, -0.2) is 4.39 Å². The SMILES string of the molecule is Cc1cc(NC(=O)c2ccccc2OCC(=O)Nc2ccccc2F)ccc1N1CCN(C)CC1. The summed E-state index contributed by atoms with van der Waals surface area (Å²) in [5, 5.41) is 5.38. The molecule has 0 radical (unpaired) electrons. The molecule has 4 rings (SSSR count). The molecule has 7 nitrogen and oxygen atoms in total. The molecule has 0 atom stereocenters. The summed E-state index contributed by atoms with van der Waals surface area (Å²) in [5.41, 5.74) is 3.30. The predicted octanol–water partition coefficient (Wildman–Crippen LogP) is 4.16. The third-order valence-corrected chi connectivity index (χ3v) is 5.94. The summed E-state index contributed by atoms with van der Waals surface area (Å²) in [7, 11) is 2.12. The molecule has 3 aromatic carbocycles. The van der Waals surface area contributed by atoms with E-state index in [4.69, 9.17) is 4.74 Å². The van der Waals surface area contributed by atoms with Gasteiger partial charge in [-0.2, -0.15) is 0 Å². The minimum absolute atomic E-state index is 0.0718. The fraction of sp³-hybridized carbons (Fsp3) is 0.259. The number of aryl methyl sites for hydroxylation is 1. The molecule has 182 valence electrons. The molecule has 2 amide bonds. The fourth-order valence-corrected chi connectivity index (χ4v) is 4.01. The number of nitrogens with zero attached hydrogens (tertiary/aromatic N) is 2. The molecule has 1 heterocycles. The first-order chi connectivity index (χ1) is 16.9. The van der Waals surface area contributed by atoms with Crippen molar-refractivity contribution in [3.63, 3.8) is 0 Å². The summed E-state index contributed by atoms with van der Waals surface area (Å²) in [6.45, 7) is 5.66. The van der Waals surface area contributed by atoms with Crippen molar-refractivity contribution < 1.29 is 18.7 Å². The summed E-state index contributed by atoms with van der Waals surface area (Å²) in [6.07, 6.45) is 0. The number of benzene rings is 3. The quantitative estimate of drug-likeness (QED) is 0.536. The van der Waals surface area contributed by atoms with Gasteiger partial charge in [-0.15, -0.1) is 0 Å². The van der Waals surface area contributed by atoms with Crippen LogP contribution in [-0.4, -0.2) is 56.5 Å². The van der Waals surface area contributed by atoms with Gasteiger partial charge in [0.2, 0.25) is 0 Å². The van der Waals surface area contributed by atoms with Gasteiger partial charge in [-0.1, -0.05) is 24.3 Å². The first-order valence-electron chi connectivity index (χ1n) is 11.5. The second-order valence-corrected chi connectivity index (χ2v) is 8.56. The van der Waals surface area contributed by atoms with E-state index in [9.17, 15) is 14.0 Å². The largest absolute Gasteiger partial charge is 0.483 e. The Kier molecular flexibility index (Phi) is 7.62. The number of amides is 2. The summed E-state index contributed by atoms with van der Waals surface area (Å²) >= 11 is 0. The summed E-state index contributed by atoms with van der Waals surface area (Å²) in [6, 6.07) is 18.5. The number of piperazine rings is 1. The van der Waals surface area contributed by atoms with E-state index in [0.717, 1.165) is 31.7 Å². The van der Waals surface area contributed by atoms with Crippen molar-refractivity contribution in [1.82, 2.24) is 4.90 Å². The van der Waals surface area contributed by atoms with Crippen LogP contribution in [0, 0.1) is 12.7 Å². The third-order valence-electron chi connectivity index (χ3n) is 5.94. The second-order valence-electron chi connectivity index (χ2n) is 8.56. The summed E-state index contributed by atoms with van der Waals surface area (Å²) < 4.78 is 19.3. The number of nitrogens with one attached hydrogen (secondary N) is 2. The molecule has 2 N–H and O–H groups in total. The molecule has 0 unspecified atom stereocenters. The number of ether oxygens (including phenoxy) is 1. The Hall–Kier alpha value is -3.91. The van der Waals surface area contributed by atoms with Crippen LogP contribution in [0.4, 0.5) is 21.5 Å². The van der Waals surface area contributed by atoms with Gasteiger partial charge in [0.1, 0.15) is 11.6 Å². The van der Waals surface area contributed by atoms with Gasteiger partial charge in [-0.3, -0.25) is 9.59 Å². The zero-order valence-corrected chi connectivity index (χ0v) is 19.9. The molecule has 1 aliphatic heterocycles. The van der Waals surface area contributed by atoms with E-state index in [1.54, 1.807) is 30.3 Å². The molecule has 1 saturated heterocycles. The molecule has 8 heteroatoms. The van der Waals surface area contributed by atoms with Gasteiger partial charge in [0.25, 0.3) is 11.8 Å². The Bertz CT molecular complexity index is 1210. The molecule has 0 bridgehead atoms. The lowest BCUT2D eigenvalue weighted by molar-refractivity contribution is -0.118. The molecule has 1 fully saturated rings. The van der Waals surface area contributed by atoms with Crippen molar-refractivity contribution in [3.05, 3.63) is 83.7 Å². The Balaban J connectivity index is 1.39. The average Bonchev–Trinajstić information content (AvgIpc) is 2.85. The molecule has 35 heavy (non-hydrogen) atoms. The van der Waals surface area contributed by atoms with Crippen molar-refractivity contribution in [2.75, 3.05) is 55.4 Å². The number of hydrogen-bond donors (Lipinski definition) is 2. The zero-order chi connectivity index (χ0) is 24.8. The maximum absolute atomic E-state index is 13.8. The number of halogens is 1. The number of carbonyl (C=O) groups is 2. The number of anilines is 3. The van der Waals surface area contributed by atoms with Crippen molar-refractivity contribution in [1.29, 1.82) is 0 Å². The molecule has 1 aliphatic rings. The monoisotopic (exact) mass is 476 g/mol. The Morgan fingerprint density at radius 1 is 0.943 bits per heavy atom. The molecule has 0 aliphatic carbocycles. The van der Waals surface area contributed by atoms with Crippen LogP contribution in [0.5, 0.6) is 5.75 Å². The van der Waals surface area contributed by atoms with E-state index in [-0.39, 0.29) is 24.0 Å². The lowest BCUT2D eigenvalue weighted by atomic mass is 10.1. The highest BCUT2D eigenvalue weighted by Crippen LogP contribution is 2.26. The van der Waals surface area contributed by atoms with Crippen LogP contribution in [0.1, 0.15) is 15.9 Å². The topological polar surface area (TPSA) is 73.9 Å². The van der Waals surface area contributed by atoms with E-state index in [1.165, 1.54) is 23.9 Å². The molecular weight excluding hydrogens is 447 g/mol. The lowest BCUT2D eigenvalue weighted by Crippen LogP contribution is -2.44. The van der Waals surface area contributed by atoms with E-state index >= 15 is 0 Å². The molecule has 0 aromatic heterocycles. The van der Waals surface area contributed by atoms with Crippen molar-refractivity contribution >= 4 is 28.9 Å². The van der Waals surface area contributed by atoms with E-state index < -0.39 is 11.7 Å².